The minimum atomic E-state index is -3.31. The van der Waals surface area contributed by atoms with Crippen LogP contribution in [0.2, 0.25) is 0 Å². The first-order valence-electron chi connectivity index (χ1n) is 7.14. The quantitative estimate of drug-likeness (QED) is 0.452. The standard InChI is InChI=1S/C15H25NO4S2/c1-16(9-4-11-20-22(3,17)18)10-12-21-13-14-5-7-15(19-2)8-6-14/h5-8H,4,9-13H2,1-3H3. The number of hydrogen-bond donors (Lipinski definition) is 0. The van der Waals surface area contributed by atoms with Gasteiger partial charge in [0.15, 0.2) is 0 Å². The minimum absolute atomic E-state index is 0.252. The Morgan fingerprint density at radius 2 is 1.86 bits per heavy atom. The number of hydrogen-bond acceptors (Lipinski definition) is 6. The lowest BCUT2D eigenvalue weighted by Gasteiger charge is -2.16. The van der Waals surface area contributed by atoms with Crippen molar-refractivity contribution in [1.82, 2.24) is 4.90 Å². The number of rotatable bonds is 11. The lowest BCUT2D eigenvalue weighted by Crippen LogP contribution is -2.23. The zero-order valence-electron chi connectivity index (χ0n) is 13.4. The van der Waals surface area contributed by atoms with Crippen LogP contribution in [0.1, 0.15) is 12.0 Å². The van der Waals surface area contributed by atoms with E-state index in [0.717, 1.165) is 36.6 Å². The summed E-state index contributed by atoms with van der Waals surface area (Å²) in [4.78, 5) is 2.19. The fourth-order valence-corrected chi connectivity index (χ4v) is 3.22. The summed E-state index contributed by atoms with van der Waals surface area (Å²) in [5.74, 6) is 2.90. The highest BCUT2D eigenvalue weighted by Gasteiger charge is 2.03. The van der Waals surface area contributed by atoms with Crippen molar-refractivity contribution in [2.45, 2.75) is 12.2 Å². The predicted molar refractivity (Wildman–Crippen MR) is 92.1 cm³/mol. The van der Waals surface area contributed by atoms with Crippen LogP contribution < -0.4 is 4.74 Å². The summed E-state index contributed by atoms with van der Waals surface area (Å²) < 4.78 is 31.5. The lowest BCUT2D eigenvalue weighted by molar-refractivity contribution is 0.274. The summed E-state index contributed by atoms with van der Waals surface area (Å²) in [6.07, 6.45) is 1.79. The van der Waals surface area contributed by atoms with E-state index in [0.29, 0.717) is 6.42 Å². The van der Waals surface area contributed by atoms with E-state index in [1.807, 2.05) is 30.9 Å². The molecular weight excluding hydrogens is 322 g/mol. The van der Waals surface area contributed by atoms with Crippen LogP contribution in [0.25, 0.3) is 0 Å². The minimum Gasteiger partial charge on any atom is -0.497 e. The Morgan fingerprint density at radius 1 is 1.18 bits per heavy atom. The third-order valence-electron chi connectivity index (χ3n) is 3.03. The van der Waals surface area contributed by atoms with E-state index >= 15 is 0 Å². The van der Waals surface area contributed by atoms with Crippen molar-refractivity contribution in [2.24, 2.45) is 0 Å². The van der Waals surface area contributed by atoms with E-state index in [9.17, 15) is 8.42 Å². The van der Waals surface area contributed by atoms with Crippen molar-refractivity contribution < 1.29 is 17.3 Å². The van der Waals surface area contributed by atoms with Crippen LogP contribution in [0.5, 0.6) is 5.75 Å². The molecule has 0 saturated heterocycles. The zero-order valence-corrected chi connectivity index (χ0v) is 15.1. The average molecular weight is 348 g/mol. The van der Waals surface area contributed by atoms with Crippen molar-refractivity contribution in [1.29, 1.82) is 0 Å². The molecule has 0 spiro atoms. The van der Waals surface area contributed by atoms with Crippen LogP contribution in [0, 0.1) is 0 Å². The SMILES string of the molecule is COc1ccc(CSCCN(C)CCCOS(C)(=O)=O)cc1. The van der Waals surface area contributed by atoms with Gasteiger partial charge in [0.05, 0.1) is 20.0 Å². The van der Waals surface area contributed by atoms with Gasteiger partial charge < -0.3 is 9.64 Å². The van der Waals surface area contributed by atoms with Gasteiger partial charge in [-0.15, -0.1) is 0 Å². The summed E-state index contributed by atoms with van der Waals surface area (Å²) >= 11 is 1.88. The molecule has 7 heteroatoms. The number of thioether (sulfide) groups is 1. The van der Waals surface area contributed by atoms with Gasteiger partial charge in [-0.1, -0.05) is 12.1 Å². The van der Waals surface area contributed by atoms with Crippen LogP contribution >= 0.6 is 11.8 Å². The first-order chi connectivity index (χ1) is 10.4. The predicted octanol–water partition coefficient (Wildman–Crippen LogP) is 2.23. The van der Waals surface area contributed by atoms with Crippen LogP contribution in [0.15, 0.2) is 24.3 Å². The maximum Gasteiger partial charge on any atom is 0.264 e. The van der Waals surface area contributed by atoms with E-state index in [4.69, 9.17) is 8.92 Å². The molecule has 0 aliphatic heterocycles. The number of ether oxygens (including phenoxy) is 1. The molecule has 22 heavy (non-hydrogen) atoms. The van der Waals surface area contributed by atoms with E-state index in [1.54, 1.807) is 7.11 Å². The van der Waals surface area contributed by atoms with Crippen molar-refractivity contribution in [3.8, 4) is 5.75 Å². The molecule has 0 bridgehead atoms. The van der Waals surface area contributed by atoms with E-state index in [-0.39, 0.29) is 6.61 Å². The molecule has 0 saturated carbocycles. The molecule has 0 aromatic heterocycles. The Bertz CT molecular complexity index is 517. The summed E-state index contributed by atoms with van der Waals surface area (Å²) in [6.45, 7) is 2.06. The van der Waals surface area contributed by atoms with Crippen LogP contribution in [0.4, 0.5) is 0 Å². The number of methoxy groups -OCH3 is 1. The van der Waals surface area contributed by atoms with Crippen molar-refractivity contribution in [2.75, 3.05) is 45.9 Å². The van der Waals surface area contributed by atoms with Gasteiger partial charge in [-0.25, -0.2) is 0 Å². The topological polar surface area (TPSA) is 55.8 Å². The van der Waals surface area contributed by atoms with Crippen molar-refractivity contribution in [3.63, 3.8) is 0 Å². The second kappa shape index (κ2) is 10.1. The number of nitrogens with zero attached hydrogens (tertiary/aromatic N) is 1. The maximum atomic E-state index is 10.8. The van der Waals surface area contributed by atoms with Crippen LogP contribution in [-0.2, 0) is 20.1 Å². The summed E-state index contributed by atoms with van der Waals surface area (Å²) in [5.41, 5.74) is 1.29. The maximum absolute atomic E-state index is 10.8. The van der Waals surface area contributed by atoms with Gasteiger partial charge in [-0.2, -0.15) is 20.2 Å². The molecule has 0 unspecified atom stereocenters. The summed E-state index contributed by atoms with van der Waals surface area (Å²) in [6, 6.07) is 8.11. The second-order valence-electron chi connectivity index (χ2n) is 5.08. The first kappa shape index (κ1) is 19.3. The molecular formula is C15H25NO4S2. The van der Waals surface area contributed by atoms with Gasteiger partial charge in [0, 0.05) is 24.6 Å². The molecule has 1 aromatic carbocycles. The third kappa shape index (κ3) is 9.30. The zero-order chi connectivity index (χ0) is 16.4. The van der Waals surface area contributed by atoms with E-state index < -0.39 is 10.1 Å². The molecule has 0 atom stereocenters. The molecule has 1 rings (SSSR count). The van der Waals surface area contributed by atoms with E-state index in [1.165, 1.54) is 5.56 Å². The highest BCUT2D eigenvalue weighted by molar-refractivity contribution is 7.98. The molecule has 1 aromatic rings. The molecule has 0 aliphatic carbocycles. The normalized spacial score (nSPS) is 11.8. The average Bonchev–Trinajstić information content (AvgIpc) is 2.48. The number of benzene rings is 1. The molecule has 0 heterocycles. The molecule has 126 valence electrons. The van der Waals surface area contributed by atoms with Crippen LogP contribution in [0.3, 0.4) is 0 Å². The Kier molecular flexibility index (Phi) is 8.85. The Morgan fingerprint density at radius 3 is 2.45 bits per heavy atom. The van der Waals surface area contributed by atoms with Gasteiger partial charge in [0.2, 0.25) is 0 Å². The summed E-state index contributed by atoms with van der Waals surface area (Å²) in [5, 5.41) is 0. The van der Waals surface area contributed by atoms with E-state index in [2.05, 4.69) is 17.0 Å². The lowest BCUT2D eigenvalue weighted by atomic mass is 10.2. The fraction of sp³-hybridized carbons (Fsp3) is 0.600. The van der Waals surface area contributed by atoms with Gasteiger partial charge in [-0.3, -0.25) is 4.18 Å². The third-order valence-corrected chi connectivity index (χ3v) is 4.63. The first-order valence-corrected chi connectivity index (χ1v) is 10.1. The molecule has 0 radical (unpaired) electrons. The highest BCUT2D eigenvalue weighted by atomic mass is 32.2. The Hall–Kier alpha value is -0.760. The smallest absolute Gasteiger partial charge is 0.264 e. The fourth-order valence-electron chi connectivity index (χ4n) is 1.79. The van der Waals surface area contributed by atoms with Gasteiger partial charge in [0.1, 0.15) is 5.75 Å². The molecule has 0 fully saturated rings. The van der Waals surface area contributed by atoms with Crippen LogP contribution in [-0.4, -0.2) is 59.2 Å². The second-order valence-corrected chi connectivity index (χ2v) is 7.83. The molecule has 5 nitrogen and oxygen atoms in total. The monoisotopic (exact) mass is 347 g/mol. The van der Waals surface area contributed by atoms with Gasteiger partial charge in [0.25, 0.3) is 10.1 Å². The van der Waals surface area contributed by atoms with Crippen molar-refractivity contribution >= 4 is 21.9 Å². The van der Waals surface area contributed by atoms with Gasteiger partial charge in [-0.05, 0) is 31.2 Å². The Labute approximate surface area is 138 Å². The molecule has 0 N–H and O–H groups in total. The summed E-state index contributed by atoms with van der Waals surface area (Å²) in [7, 11) is 0.393. The molecule has 0 aliphatic rings. The largest absolute Gasteiger partial charge is 0.497 e. The van der Waals surface area contributed by atoms with Crippen molar-refractivity contribution in [3.05, 3.63) is 29.8 Å². The Balaban J connectivity index is 2.08. The highest BCUT2D eigenvalue weighted by Crippen LogP contribution is 2.16. The van der Waals surface area contributed by atoms with Gasteiger partial charge >= 0.3 is 0 Å². The molecule has 0 amide bonds.